The minimum absolute atomic E-state index is 0.0283. The Bertz CT molecular complexity index is 987. The lowest BCUT2D eigenvalue weighted by Crippen LogP contribution is -2.58. The zero-order chi connectivity index (χ0) is 18.3. The molecule has 0 N–H and O–H groups in total. The fourth-order valence-electron chi connectivity index (χ4n) is 3.34. The molecule has 1 fully saturated rings. The molecule has 0 aliphatic carbocycles. The van der Waals surface area contributed by atoms with Crippen molar-refractivity contribution < 1.29 is 0 Å². The highest BCUT2D eigenvalue weighted by Crippen LogP contribution is 2.25. The molecule has 0 aromatic carbocycles. The largest absolute Gasteiger partial charge is 0.350 e. The lowest BCUT2D eigenvalue weighted by Gasteiger charge is -2.44. The summed E-state index contributed by atoms with van der Waals surface area (Å²) in [7, 11) is 3.86. The van der Waals surface area contributed by atoms with Crippen LogP contribution in [0.2, 0.25) is 0 Å². The van der Waals surface area contributed by atoms with Gasteiger partial charge in [0.2, 0.25) is 5.65 Å². The Balaban J connectivity index is 1.44. The van der Waals surface area contributed by atoms with E-state index in [1.807, 2.05) is 29.1 Å². The Morgan fingerprint density at radius 3 is 2.81 bits per heavy atom. The third-order valence-electron chi connectivity index (χ3n) is 5.08. The summed E-state index contributed by atoms with van der Waals surface area (Å²) in [6, 6.07) is 4.13. The van der Waals surface area contributed by atoms with Crippen LogP contribution in [-0.4, -0.2) is 55.2 Å². The van der Waals surface area contributed by atoms with Crippen molar-refractivity contribution in [3.05, 3.63) is 52.5 Å². The quantitative estimate of drug-likeness (QED) is 0.673. The summed E-state index contributed by atoms with van der Waals surface area (Å²) in [6.45, 7) is 4.61. The van der Waals surface area contributed by atoms with E-state index < -0.39 is 0 Å². The number of hydrogen-bond acceptors (Lipinski definition) is 6. The van der Waals surface area contributed by atoms with Crippen molar-refractivity contribution in [1.29, 1.82) is 0 Å². The van der Waals surface area contributed by atoms with E-state index in [-0.39, 0.29) is 5.56 Å². The zero-order valence-electron chi connectivity index (χ0n) is 15.3. The van der Waals surface area contributed by atoms with Gasteiger partial charge in [0.05, 0.1) is 0 Å². The van der Waals surface area contributed by atoms with E-state index >= 15 is 0 Å². The van der Waals surface area contributed by atoms with Gasteiger partial charge in [0, 0.05) is 63.8 Å². The number of fused-ring (bicyclic) bond motifs is 1. The van der Waals surface area contributed by atoms with Gasteiger partial charge < -0.3 is 9.47 Å². The number of nitrogens with zero attached hydrogens (tertiary/aromatic N) is 7. The van der Waals surface area contributed by atoms with Gasteiger partial charge in [-0.1, -0.05) is 6.92 Å². The molecule has 136 valence electrons. The molecule has 0 amide bonds. The fourth-order valence-corrected chi connectivity index (χ4v) is 3.34. The summed E-state index contributed by atoms with van der Waals surface area (Å²) in [5.41, 5.74) is 1.89. The van der Waals surface area contributed by atoms with Crippen molar-refractivity contribution in [2.24, 2.45) is 7.05 Å². The maximum atomic E-state index is 11.8. The van der Waals surface area contributed by atoms with Crippen LogP contribution < -0.4 is 10.5 Å². The topological polar surface area (TPSA) is 71.6 Å². The third kappa shape index (κ3) is 2.86. The first kappa shape index (κ1) is 16.7. The van der Waals surface area contributed by atoms with Crippen molar-refractivity contribution in [1.82, 2.24) is 29.0 Å². The summed E-state index contributed by atoms with van der Waals surface area (Å²) >= 11 is 0. The number of anilines is 1. The highest BCUT2D eigenvalue weighted by molar-refractivity contribution is 5.65. The van der Waals surface area contributed by atoms with Crippen LogP contribution >= 0.6 is 0 Å². The predicted molar refractivity (Wildman–Crippen MR) is 99.3 cm³/mol. The van der Waals surface area contributed by atoms with E-state index in [4.69, 9.17) is 0 Å². The summed E-state index contributed by atoms with van der Waals surface area (Å²) in [5.74, 6) is 1.83. The van der Waals surface area contributed by atoms with Crippen LogP contribution in [0.25, 0.3) is 5.65 Å². The van der Waals surface area contributed by atoms with Crippen LogP contribution in [0.4, 0.5) is 5.82 Å². The standard InChI is InChI=1S/C18H23N7O/c1-4-15-20-21-18-17(19-6-8-25(15)18)24-11-14(12-24)23(3)10-13-5-7-22(2)16(26)9-13/h5-9,14H,4,10-12H2,1-3H3. The molecule has 0 atom stereocenters. The molecule has 1 aliphatic heterocycles. The molecule has 26 heavy (non-hydrogen) atoms. The van der Waals surface area contributed by atoms with E-state index in [1.165, 1.54) is 0 Å². The van der Waals surface area contributed by atoms with Crippen molar-refractivity contribution in [3.63, 3.8) is 0 Å². The number of rotatable bonds is 5. The lowest BCUT2D eigenvalue weighted by atomic mass is 10.1. The van der Waals surface area contributed by atoms with Gasteiger partial charge in [0.15, 0.2) is 5.82 Å². The smallest absolute Gasteiger partial charge is 0.250 e. The molecule has 0 unspecified atom stereocenters. The molecule has 0 saturated carbocycles. The Kier molecular flexibility index (Phi) is 4.20. The Labute approximate surface area is 151 Å². The zero-order valence-corrected chi connectivity index (χ0v) is 15.3. The van der Waals surface area contributed by atoms with Crippen LogP contribution in [0.3, 0.4) is 0 Å². The molecular formula is C18H23N7O. The van der Waals surface area contributed by atoms with Crippen molar-refractivity contribution in [3.8, 4) is 0 Å². The molecule has 3 aromatic heterocycles. The molecule has 4 heterocycles. The van der Waals surface area contributed by atoms with Crippen LogP contribution in [0, 0.1) is 0 Å². The van der Waals surface area contributed by atoms with Gasteiger partial charge in [0.25, 0.3) is 5.56 Å². The van der Waals surface area contributed by atoms with E-state index in [2.05, 4.69) is 39.0 Å². The second kappa shape index (κ2) is 6.53. The molecule has 4 rings (SSSR count). The molecule has 0 bridgehead atoms. The number of aryl methyl sites for hydroxylation is 2. The Hall–Kier alpha value is -2.74. The average Bonchev–Trinajstić information content (AvgIpc) is 3.01. The molecule has 0 spiro atoms. The maximum absolute atomic E-state index is 11.8. The number of hydrogen-bond donors (Lipinski definition) is 0. The van der Waals surface area contributed by atoms with Gasteiger partial charge in [-0.25, -0.2) is 4.98 Å². The normalized spacial score (nSPS) is 15.0. The van der Waals surface area contributed by atoms with Crippen LogP contribution in [0.15, 0.2) is 35.5 Å². The maximum Gasteiger partial charge on any atom is 0.250 e. The molecule has 8 nitrogen and oxygen atoms in total. The molecule has 1 aliphatic rings. The third-order valence-corrected chi connectivity index (χ3v) is 5.08. The number of aromatic nitrogens is 5. The Morgan fingerprint density at radius 1 is 1.27 bits per heavy atom. The van der Waals surface area contributed by atoms with Crippen molar-refractivity contribution in [2.45, 2.75) is 25.9 Å². The first-order valence-corrected chi connectivity index (χ1v) is 8.86. The minimum atomic E-state index is 0.0283. The first-order chi connectivity index (χ1) is 12.6. The number of likely N-dealkylation sites (N-methyl/N-ethyl adjacent to an activating group) is 1. The van der Waals surface area contributed by atoms with Gasteiger partial charge >= 0.3 is 0 Å². The van der Waals surface area contributed by atoms with E-state index in [0.717, 1.165) is 48.9 Å². The molecule has 0 radical (unpaired) electrons. The molecule has 3 aromatic rings. The second-order valence-corrected chi connectivity index (χ2v) is 6.87. The monoisotopic (exact) mass is 353 g/mol. The predicted octanol–water partition coefficient (Wildman–Crippen LogP) is 0.706. The average molecular weight is 353 g/mol. The summed E-state index contributed by atoms with van der Waals surface area (Å²) < 4.78 is 3.60. The van der Waals surface area contributed by atoms with Crippen LogP contribution in [-0.2, 0) is 20.0 Å². The summed E-state index contributed by atoms with van der Waals surface area (Å²) in [4.78, 5) is 20.8. The van der Waals surface area contributed by atoms with Gasteiger partial charge in [-0.05, 0) is 18.7 Å². The molecular weight excluding hydrogens is 330 g/mol. The van der Waals surface area contributed by atoms with Crippen LogP contribution in [0.5, 0.6) is 0 Å². The van der Waals surface area contributed by atoms with Crippen LogP contribution in [0.1, 0.15) is 18.3 Å². The lowest BCUT2D eigenvalue weighted by molar-refractivity contribution is 0.197. The van der Waals surface area contributed by atoms with Gasteiger partial charge in [-0.3, -0.25) is 14.1 Å². The second-order valence-electron chi connectivity index (χ2n) is 6.87. The van der Waals surface area contributed by atoms with Crippen molar-refractivity contribution >= 4 is 11.5 Å². The minimum Gasteiger partial charge on any atom is -0.350 e. The van der Waals surface area contributed by atoms with Gasteiger partial charge in [0.1, 0.15) is 5.82 Å². The van der Waals surface area contributed by atoms with E-state index in [1.54, 1.807) is 17.7 Å². The highest BCUT2D eigenvalue weighted by Gasteiger charge is 2.32. The Morgan fingerprint density at radius 2 is 2.08 bits per heavy atom. The first-order valence-electron chi connectivity index (χ1n) is 8.86. The van der Waals surface area contributed by atoms with Gasteiger partial charge in [-0.15, -0.1) is 10.2 Å². The van der Waals surface area contributed by atoms with Crippen molar-refractivity contribution in [2.75, 3.05) is 25.0 Å². The summed E-state index contributed by atoms with van der Waals surface area (Å²) in [6.07, 6.45) is 6.38. The number of pyridine rings is 1. The van der Waals surface area contributed by atoms with E-state index in [0.29, 0.717) is 6.04 Å². The van der Waals surface area contributed by atoms with Gasteiger partial charge in [-0.2, -0.15) is 0 Å². The summed E-state index contributed by atoms with van der Waals surface area (Å²) in [5, 5.41) is 8.55. The SMILES string of the molecule is CCc1nnc2c(N3CC(N(C)Cc4ccn(C)c(=O)c4)C3)nccn12. The molecule has 8 heteroatoms. The molecule has 1 saturated heterocycles. The highest BCUT2D eigenvalue weighted by atomic mass is 16.1. The van der Waals surface area contributed by atoms with E-state index in [9.17, 15) is 4.79 Å². The fraction of sp³-hybridized carbons (Fsp3) is 0.444.